The number of nitrogens with zero attached hydrogens (tertiary/aromatic N) is 2. The molecule has 0 amide bonds. The van der Waals surface area contributed by atoms with Gasteiger partial charge in [-0.2, -0.15) is 0 Å². The summed E-state index contributed by atoms with van der Waals surface area (Å²) < 4.78 is 8.63. The van der Waals surface area contributed by atoms with E-state index >= 15 is 0 Å². The molecular formula is C41H26N2O. The molecule has 2 heterocycles. The first-order chi connectivity index (χ1) is 21.8. The predicted molar refractivity (Wildman–Crippen MR) is 182 cm³/mol. The molecule has 9 rings (SSSR count). The summed E-state index contributed by atoms with van der Waals surface area (Å²) in [6, 6.07) is 55.5. The van der Waals surface area contributed by atoms with Crippen LogP contribution in [-0.2, 0) is 0 Å². The number of benzene rings is 7. The Kier molecular flexibility index (Phi) is 5.50. The summed E-state index contributed by atoms with van der Waals surface area (Å²) in [5.41, 5.74) is 10.8. The number of aromatic nitrogens is 2. The first kappa shape index (κ1) is 24.6. The number of fused-ring (bicyclic) bond motifs is 5. The number of hydrogen-bond donors (Lipinski definition) is 0. The molecule has 206 valence electrons. The minimum atomic E-state index is 0.626. The van der Waals surface area contributed by atoms with E-state index in [1.165, 1.54) is 32.6 Å². The van der Waals surface area contributed by atoms with Crippen LogP contribution >= 0.6 is 0 Å². The molecule has 0 aliphatic rings. The van der Waals surface area contributed by atoms with Crippen molar-refractivity contribution in [2.24, 2.45) is 0 Å². The summed E-state index contributed by atoms with van der Waals surface area (Å²) in [5, 5.41) is 4.96. The van der Waals surface area contributed by atoms with Gasteiger partial charge < -0.3 is 8.98 Å². The van der Waals surface area contributed by atoms with Gasteiger partial charge in [0, 0.05) is 27.6 Å². The van der Waals surface area contributed by atoms with Crippen molar-refractivity contribution < 1.29 is 4.42 Å². The van der Waals surface area contributed by atoms with Crippen LogP contribution in [0.2, 0.25) is 0 Å². The number of rotatable bonds is 4. The lowest BCUT2D eigenvalue weighted by atomic mass is 9.97. The third-order valence-electron chi connectivity index (χ3n) is 8.67. The van der Waals surface area contributed by atoms with Crippen molar-refractivity contribution in [1.29, 1.82) is 0 Å². The van der Waals surface area contributed by atoms with Crippen molar-refractivity contribution in [1.82, 2.24) is 9.55 Å². The summed E-state index contributed by atoms with van der Waals surface area (Å²) in [6.07, 6.45) is 0. The SMILES string of the molecule is c1ccc2c(-c3cccc4oc(-c5ccc(-c6ccc(-n7c8ccccc8c8ccccc87)cc6)cc5)nc34)cccc2c1. The molecule has 0 saturated heterocycles. The van der Waals surface area contributed by atoms with Gasteiger partial charge in [-0.1, -0.05) is 115 Å². The Balaban J connectivity index is 1.05. The highest BCUT2D eigenvalue weighted by molar-refractivity contribution is 6.09. The summed E-state index contributed by atoms with van der Waals surface area (Å²) in [7, 11) is 0. The van der Waals surface area contributed by atoms with Gasteiger partial charge in [0.05, 0.1) is 11.0 Å². The van der Waals surface area contributed by atoms with Gasteiger partial charge >= 0.3 is 0 Å². The second-order valence-electron chi connectivity index (χ2n) is 11.2. The van der Waals surface area contributed by atoms with Crippen LogP contribution in [0, 0.1) is 0 Å². The fraction of sp³-hybridized carbons (Fsp3) is 0. The largest absolute Gasteiger partial charge is 0.436 e. The Hall–Kier alpha value is -5.93. The number of hydrogen-bond acceptors (Lipinski definition) is 2. The summed E-state index contributed by atoms with van der Waals surface area (Å²) in [6.45, 7) is 0. The fourth-order valence-corrected chi connectivity index (χ4v) is 6.56. The lowest BCUT2D eigenvalue weighted by Gasteiger charge is -2.09. The van der Waals surface area contributed by atoms with Gasteiger partial charge in [0.2, 0.25) is 5.89 Å². The molecule has 3 nitrogen and oxygen atoms in total. The zero-order valence-corrected chi connectivity index (χ0v) is 23.8. The molecule has 0 aliphatic heterocycles. The molecule has 0 bridgehead atoms. The van der Waals surface area contributed by atoms with Crippen LogP contribution in [0.3, 0.4) is 0 Å². The predicted octanol–water partition coefficient (Wildman–Crippen LogP) is 11.1. The summed E-state index contributed by atoms with van der Waals surface area (Å²) >= 11 is 0. The molecule has 0 saturated carbocycles. The highest BCUT2D eigenvalue weighted by Gasteiger charge is 2.15. The first-order valence-corrected chi connectivity index (χ1v) is 14.9. The highest BCUT2D eigenvalue weighted by Crippen LogP contribution is 2.36. The molecule has 3 heteroatoms. The van der Waals surface area contributed by atoms with Gasteiger partial charge in [0.1, 0.15) is 5.52 Å². The van der Waals surface area contributed by atoms with Gasteiger partial charge in [0.15, 0.2) is 5.58 Å². The average molecular weight is 563 g/mol. The molecule has 9 aromatic rings. The molecule has 0 spiro atoms. The van der Waals surface area contributed by atoms with Crippen LogP contribution in [0.15, 0.2) is 162 Å². The van der Waals surface area contributed by atoms with Gasteiger partial charge in [-0.15, -0.1) is 0 Å². The number of oxazole rings is 1. The second kappa shape index (κ2) is 9.82. The lowest BCUT2D eigenvalue weighted by molar-refractivity contribution is 0.620. The Morgan fingerprint density at radius 3 is 1.70 bits per heavy atom. The second-order valence-corrected chi connectivity index (χ2v) is 11.2. The van der Waals surface area contributed by atoms with Crippen LogP contribution in [0.25, 0.3) is 83.1 Å². The van der Waals surface area contributed by atoms with E-state index in [0.717, 1.165) is 44.6 Å². The van der Waals surface area contributed by atoms with Crippen LogP contribution < -0.4 is 0 Å². The molecule has 0 atom stereocenters. The normalized spacial score (nSPS) is 11.6. The summed E-state index contributed by atoms with van der Waals surface area (Å²) in [4.78, 5) is 4.99. The van der Waals surface area contributed by atoms with E-state index in [4.69, 9.17) is 9.40 Å². The van der Waals surface area contributed by atoms with Gasteiger partial charge in [-0.25, -0.2) is 4.98 Å². The highest BCUT2D eigenvalue weighted by atomic mass is 16.3. The Labute approximate surface area is 254 Å². The van der Waals surface area contributed by atoms with Crippen molar-refractivity contribution in [3.63, 3.8) is 0 Å². The van der Waals surface area contributed by atoms with E-state index in [2.05, 4.69) is 150 Å². The van der Waals surface area contributed by atoms with Gasteiger partial charge in [-0.3, -0.25) is 0 Å². The van der Waals surface area contributed by atoms with Gasteiger partial charge in [0.25, 0.3) is 0 Å². The maximum atomic E-state index is 6.29. The minimum absolute atomic E-state index is 0.626. The molecule has 44 heavy (non-hydrogen) atoms. The molecule has 0 unspecified atom stereocenters. The molecule has 2 aromatic heterocycles. The van der Waals surface area contributed by atoms with Crippen LogP contribution in [0.5, 0.6) is 0 Å². The fourth-order valence-electron chi connectivity index (χ4n) is 6.56. The average Bonchev–Trinajstić information content (AvgIpc) is 3.68. The monoisotopic (exact) mass is 562 g/mol. The van der Waals surface area contributed by atoms with E-state index in [1.807, 2.05) is 12.1 Å². The smallest absolute Gasteiger partial charge is 0.227 e. The zero-order chi connectivity index (χ0) is 29.0. The van der Waals surface area contributed by atoms with Crippen molar-refractivity contribution in [2.75, 3.05) is 0 Å². The van der Waals surface area contributed by atoms with Crippen LogP contribution in [0.1, 0.15) is 0 Å². The Morgan fingerprint density at radius 2 is 0.977 bits per heavy atom. The number of para-hydroxylation sites is 3. The standard InChI is InChI=1S/C41H26N2O/c1-2-11-32-29(9-1)10-7-14-33(32)36-15-8-18-39-40(36)42-41(44-39)30-21-19-27(20-22-30)28-23-25-31(26-24-28)43-37-16-5-3-12-34(37)35-13-4-6-17-38(35)43/h1-26H. The molecule has 0 aliphatic carbocycles. The van der Waals surface area contributed by atoms with E-state index in [-0.39, 0.29) is 0 Å². The summed E-state index contributed by atoms with van der Waals surface area (Å²) in [5.74, 6) is 0.626. The van der Waals surface area contributed by atoms with Crippen LogP contribution in [-0.4, -0.2) is 9.55 Å². The molecule has 7 aromatic carbocycles. The topological polar surface area (TPSA) is 31.0 Å². The quantitative estimate of drug-likeness (QED) is 0.214. The minimum Gasteiger partial charge on any atom is -0.436 e. The molecular weight excluding hydrogens is 536 g/mol. The van der Waals surface area contributed by atoms with Gasteiger partial charge in [-0.05, 0) is 69.9 Å². The first-order valence-electron chi connectivity index (χ1n) is 14.9. The van der Waals surface area contributed by atoms with Crippen molar-refractivity contribution >= 4 is 43.7 Å². The molecule has 0 N–H and O–H groups in total. The Bertz CT molecular complexity index is 2420. The third-order valence-corrected chi connectivity index (χ3v) is 8.67. The molecule has 0 radical (unpaired) electrons. The lowest BCUT2D eigenvalue weighted by Crippen LogP contribution is -1.93. The maximum Gasteiger partial charge on any atom is 0.227 e. The van der Waals surface area contributed by atoms with E-state index in [9.17, 15) is 0 Å². The van der Waals surface area contributed by atoms with Crippen molar-refractivity contribution in [2.45, 2.75) is 0 Å². The van der Waals surface area contributed by atoms with E-state index < -0.39 is 0 Å². The zero-order valence-electron chi connectivity index (χ0n) is 23.8. The van der Waals surface area contributed by atoms with Crippen molar-refractivity contribution in [3.8, 4) is 39.4 Å². The van der Waals surface area contributed by atoms with Crippen LogP contribution in [0.4, 0.5) is 0 Å². The van der Waals surface area contributed by atoms with Crippen molar-refractivity contribution in [3.05, 3.63) is 158 Å². The Morgan fingerprint density at radius 1 is 0.432 bits per heavy atom. The van der Waals surface area contributed by atoms with E-state index in [1.54, 1.807) is 0 Å². The maximum absolute atomic E-state index is 6.29. The third kappa shape index (κ3) is 3.87. The van der Waals surface area contributed by atoms with E-state index in [0.29, 0.717) is 5.89 Å². The molecule has 0 fully saturated rings.